The van der Waals surface area contributed by atoms with Crippen LogP contribution < -0.4 is 14.2 Å². The van der Waals surface area contributed by atoms with Crippen molar-refractivity contribution in [1.82, 2.24) is 9.80 Å². The Kier molecular flexibility index (Phi) is 8.70. The van der Waals surface area contributed by atoms with Crippen LogP contribution in [0, 0.1) is 5.92 Å². The molecule has 1 fully saturated rings. The Morgan fingerprint density at radius 2 is 1.67 bits per heavy atom. The lowest BCUT2D eigenvalue weighted by molar-refractivity contribution is -0.134. The summed E-state index contributed by atoms with van der Waals surface area (Å²) < 4.78 is 16.2. The Morgan fingerprint density at radius 3 is 2.10 bits per heavy atom. The molecule has 1 heterocycles. The molecule has 0 aliphatic carbocycles. The highest BCUT2D eigenvalue weighted by Crippen LogP contribution is 2.40. The first-order valence-electron chi connectivity index (χ1n) is 10.4. The predicted molar refractivity (Wildman–Crippen MR) is 120 cm³/mol. The minimum Gasteiger partial charge on any atom is -0.493 e. The van der Waals surface area contributed by atoms with Gasteiger partial charge in [-0.15, -0.1) is 11.8 Å². The molecule has 8 heteroatoms. The first-order chi connectivity index (χ1) is 14.3. The molecule has 1 aromatic rings. The van der Waals surface area contributed by atoms with Gasteiger partial charge in [0.15, 0.2) is 11.5 Å². The topological polar surface area (TPSA) is 68.3 Å². The molecular formula is C22H34N2O5S. The first kappa shape index (κ1) is 24.2. The molecule has 1 aliphatic heterocycles. The van der Waals surface area contributed by atoms with E-state index in [0.29, 0.717) is 47.6 Å². The van der Waals surface area contributed by atoms with Crippen molar-refractivity contribution in [3.8, 4) is 17.2 Å². The number of hydrogen-bond acceptors (Lipinski definition) is 6. The van der Waals surface area contributed by atoms with Crippen molar-refractivity contribution in [3.63, 3.8) is 0 Å². The summed E-state index contributed by atoms with van der Waals surface area (Å²) in [5.41, 5.74) is 0.415. The van der Waals surface area contributed by atoms with Crippen LogP contribution in [0.3, 0.4) is 0 Å². The van der Waals surface area contributed by atoms with Gasteiger partial charge in [-0.1, -0.05) is 13.8 Å². The smallest absolute Gasteiger partial charge is 0.255 e. The van der Waals surface area contributed by atoms with Crippen molar-refractivity contribution < 1.29 is 23.8 Å². The van der Waals surface area contributed by atoms with E-state index in [0.717, 1.165) is 6.42 Å². The number of rotatable bonds is 9. The lowest BCUT2D eigenvalue weighted by atomic mass is 10.1. The number of hydrogen-bond donors (Lipinski definition) is 0. The number of carbonyl (C=O) groups excluding carboxylic acids is 2. The molecule has 0 spiro atoms. The van der Waals surface area contributed by atoms with E-state index in [1.54, 1.807) is 33.7 Å². The van der Waals surface area contributed by atoms with Gasteiger partial charge in [0.25, 0.3) is 5.91 Å². The second kappa shape index (κ2) is 10.8. The molecule has 0 aromatic heterocycles. The minimum absolute atomic E-state index is 0.000419. The summed E-state index contributed by atoms with van der Waals surface area (Å²) in [5.74, 6) is 2.07. The van der Waals surface area contributed by atoms with Crippen LogP contribution in [0.5, 0.6) is 17.2 Å². The summed E-state index contributed by atoms with van der Waals surface area (Å²) in [7, 11) is 4.56. The zero-order valence-electron chi connectivity index (χ0n) is 19.1. The maximum atomic E-state index is 13.7. The van der Waals surface area contributed by atoms with E-state index >= 15 is 0 Å². The largest absolute Gasteiger partial charge is 0.493 e. The van der Waals surface area contributed by atoms with Crippen LogP contribution in [-0.2, 0) is 4.79 Å². The van der Waals surface area contributed by atoms with Crippen LogP contribution in [-0.4, -0.2) is 73.2 Å². The molecule has 0 saturated carbocycles. The number of benzene rings is 1. The summed E-state index contributed by atoms with van der Waals surface area (Å²) in [6, 6.07) is 2.82. The fourth-order valence-electron chi connectivity index (χ4n) is 3.71. The van der Waals surface area contributed by atoms with Gasteiger partial charge in [0, 0.05) is 24.4 Å². The van der Waals surface area contributed by atoms with Crippen LogP contribution in [0.2, 0.25) is 0 Å². The zero-order chi connectivity index (χ0) is 22.4. The van der Waals surface area contributed by atoms with E-state index in [1.165, 1.54) is 21.3 Å². The highest BCUT2D eigenvalue weighted by atomic mass is 32.2. The molecule has 1 aliphatic rings. The summed E-state index contributed by atoms with van der Waals surface area (Å²) in [6.07, 6.45) is 0.822. The van der Waals surface area contributed by atoms with E-state index in [9.17, 15) is 9.59 Å². The van der Waals surface area contributed by atoms with Gasteiger partial charge in [-0.05, 0) is 38.3 Å². The Morgan fingerprint density at radius 1 is 1.10 bits per heavy atom. The number of thioether (sulfide) groups is 1. The van der Waals surface area contributed by atoms with Gasteiger partial charge < -0.3 is 24.0 Å². The second-order valence-corrected chi connectivity index (χ2v) is 8.78. The molecule has 0 bridgehead atoms. The normalized spacial score (nSPS) is 18.5. The third kappa shape index (κ3) is 4.96. The van der Waals surface area contributed by atoms with Gasteiger partial charge in [-0.2, -0.15) is 0 Å². The molecule has 2 unspecified atom stereocenters. The molecule has 30 heavy (non-hydrogen) atoms. The molecule has 2 rings (SSSR count). The van der Waals surface area contributed by atoms with Crippen molar-refractivity contribution >= 4 is 23.6 Å². The van der Waals surface area contributed by atoms with Crippen LogP contribution in [0.15, 0.2) is 12.1 Å². The maximum Gasteiger partial charge on any atom is 0.255 e. The Hall–Kier alpha value is -2.09. The van der Waals surface area contributed by atoms with E-state index in [4.69, 9.17) is 14.2 Å². The lowest BCUT2D eigenvalue weighted by Crippen LogP contribution is -2.51. The number of nitrogens with zero attached hydrogens (tertiary/aromatic N) is 2. The van der Waals surface area contributed by atoms with Gasteiger partial charge >= 0.3 is 0 Å². The number of amides is 2. The summed E-state index contributed by atoms with van der Waals surface area (Å²) in [6.45, 7) is 9.42. The Bertz CT molecular complexity index is 726. The summed E-state index contributed by atoms with van der Waals surface area (Å²) in [4.78, 5) is 30.4. The molecule has 2 amide bonds. The lowest BCUT2D eigenvalue weighted by Gasteiger charge is -2.32. The third-order valence-electron chi connectivity index (χ3n) is 5.27. The summed E-state index contributed by atoms with van der Waals surface area (Å²) in [5, 5.41) is -0.0545. The average molecular weight is 439 g/mol. The average Bonchev–Trinajstić information content (AvgIpc) is 3.15. The predicted octanol–water partition coefficient (Wildman–Crippen LogP) is 3.51. The van der Waals surface area contributed by atoms with Gasteiger partial charge in [-0.3, -0.25) is 9.59 Å². The number of carbonyl (C=O) groups is 2. The molecule has 0 N–H and O–H groups in total. The van der Waals surface area contributed by atoms with Crippen molar-refractivity contribution in [3.05, 3.63) is 17.7 Å². The number of methoxy groups -OCH3 is 3. The quantitative estimate of drug-likeness (QED) is 0.588. The van der Waals surface area contributed by atoms with Crippen molar-refractivity contribution in [2.45, 2.75) is 45.5 Å². The van der Waals surface area contributed by atoms with Gasteiger partial charge in [0.2, 0.25) is 11.7 Å². The minimum atomic E-state index is -0.481. The SMILES string of the molecule is CCN(CC)C(=O)C1CSC(CC(C)C)N1C(=O)c1cc(OC)c(OC)c(OC)c1. The highest BCUT2D eigenvalue weighted by Gasteiger charge is 2.43. The van der Waals surface area contributed by atoms with E-state index in [-0.39, 0.29) is 17.2 Å². The molecule has 168 valence electrons. The monoisotopic (exact) mass is 438 g/mol. The maximum absolute atomic E-state index is 13.7. The number of ether oxygens (including phenoxy) is 3. The van der Waals surface area contributed by atoms with E-state index < -0.39 is 6.04 Å². The van der Waals surface area contributed by atoms with Crippen molar-refractivity contribution in [2.24, 2.45) is 5.92 Å². The van der Waals surface area contributed by atoms with Crippen molar-refractivity contribution in [2.75, 3.05) is 40.2 Å². The van der Waals surface area contributed by atoms with Gasteiger partial charge in [0.05, 0.1) is 26.7 Å². The van der Waals surface area contributed by atoms with E-state index in [1.807, 2.05) is 13.8 Å². The van der Waals surface area contributed by atoms with Crippen LogP contribution in [0.4, 0.5) is 0 Å². The molecule has 7 nitrogen and oxygen atoms in total. The zero-order valence-corrected chi connectivity index (χ0v) is 19.9. The molecule has 1 aromatic carbocycles. The van der Waals surface area contributed by atoms with Gasteiger partial charge in [-0.25, -0.2) is 0 Å². The van der Waals surface area contributed by atoms with E-state index in [2.05, 4.69) is 13.8 Å². The Balaban J connectivity index is 2.48. The third-order valence-corrected chi connectivity index (χ3v) is 6.58. The van der Waals surface area contributed by atoms with Crippen LogP contribution in [0.25, 0.3) is 0 Å². The standard InChI is InChI=1S/C22H34N2O5S/c1-8-23(9-2)22(26)16-13-30-19(10-14(3)4)24(16)21(25)15-11-17(27-5)20(29-7)18(12-15)28-6/h11-12,14,16,19H,8-10,13H2,1-7H3. The molecular weight excluding hydrogens is 404 g/mol. The van der Waals surface area contributed by atoms with Crippen molar-refractivity contribution in [1.29, 1.82) is 0 Å². The van der Waals surface area contributed by atoms with Crippen LogP contribution >= 0.6 is 11.8 Å². The van der Waals surface area contributed by atoms with Crippen LogP contribution in [0.1, 0.15) is 44.5 Å². The highest BCUT2D eigenvalue weighted by molar-refractivity contribution is 8.00. The molecule has 1 saturated heterocycles. The second-order valence-electron chi connectivity index (χ2n) is 7.57. The summed E-state index contributed by atoms with van der Waals surface area (Å²) >= 11 is 1.67. The number of likely N-dealkylation sites (N-methyl/N-ethyl adjacent to an activating group) is 1. The fourth-order valence-corrected chi connectivity index (χ4v) is 5.34. The molecule has 2 atom stereocenters. The Labute approximate surface area is 184 Å². The first-order valence-corrected chi connectivity index (χ1v) is 11.4. The van der Waals surface area contributed by atoms with Gasteiger partial charge in [0.1, 0.15) is 6.04 Å². The fraction of sp³-hybridized carbons (Fsp3) is 0.636. The molecule has 0 radical (unpaired) electrons.